The molecule has 6 nitrogen and oxygen atoms in total. The van der Waals surface area contributed by atoms with Gasteiger partial charge in [0, 0.05) is 19.3 Å². The number of alkyl carbamates (subject to hydrolysis) is 1. The molecule has 0 aromatic heterocycles. The molecular weight excluding hydrogens is 234 g/mol. The molecule has 0 aliphatic rings. The highest BCUT2D eigenvalue weighted by Crippen LogP contribution is 2.05. The lowest BCUT2D eigenvalue weighted by Gasteiger charge is -2.19. The first-order chi connectivity index (χ1) is 8.20. The summed E-state index contributed by atoms with van der Waals surface area (Å²) in [6.07, 6.45) is 1.12. The predicted octanol–water partition coefficient (Wildman–Crippen LogP) is 1.73. The van der Waals surface area contributed by atoms with Gasteiger partial charge < -0.3 is 20.7 Å². The van der Waals surface area contributed by atoms with E-state index in [1.54, 1.807) is 27.0 Å². The average molecular weight is 257 g/mol. The Kier molecular flexibility index (Phi) is 6.85. The minimum Gasteiger partial charge on any atom is -0.444 e. The van der Waals surface area contributed by atoms with Crippen molar-refractivity contribution >= 4 is 12.1 Å². The van der Waals surface area contributed by atoms with Crippen LogP contribution >= 0.6 is 0 Å². The van der Waals surface area contributed by atoms with Gasteiger partial charge in [-0.1, -0.05) is 5.57 Å². The smallest absolute Gasteiger partial charge is 0.407 e. The zero-order valence-electron chi connectivity index (χ0n) is 11.7. The van der Waals surface area contributed by atoms with E-state index in [0.29, 0.717) is 13.1 Å². The fourth-order valence-corrected chi connectivity index (χ4v) is 0.916. The number of allylic oxidation sites excluding steroid dienone is 1. The van der Waals surface area contributed by atoms with E-state index >= 15 is 0 Å². The Morgan fingerprint density at radius 3 is 2.17 bits per heavy atom. The van der Waals surface area contributed by atoms with E-state index in [9.17, 15) is 9.59 Å². The van der Waals surface area contributed by atoms with Gasteiger partial charge in [0.15, 0.2) is 0 Å². The normalized spacial score (nSPS) is 10.3. The summed E-state index contributed by atoms with van der Waals surface area (Å²) in [7, 11) is 0. The Morgan fingerprint density at radius 1 is 1.11 bits per heavy atom. The molecule has 0 unspecified atom stereocenters. The van der Waals surface area contributed by atoms with Gasteiger partial charge in [-0.25, -0.2) is 9.59 Å². The van der Waals surface area contributed by atoms with Crippen LogP contribution in [0.2, 0.25) is 0 Å². The summed E-state index contributed by atoms with van der Waals surface area (Å²) in [6.45, 7) is 9.78. The lowest BCUT2D eigenvalue weighted by molar-refractivity contribution is 0.0528. The number of urea groups is 1. The number of nitrogens with one attached hydrogen (secondary N) is 3. The lowest BCUT2D eigenvalue weighted by Crippen LogP contribution is -2.40. The maximum absolute atomic E-state index is 11.2. The zero-order chi connectivity index (χ0) is 14.2. The van der Waals surface area contributed by atoms with Crippen LogP contribution in [0.5, 0.6) is 0 Å². The molecule has 0 spiro atoms. The molecule has 0 aliphatic carbocycles. The van der Waals surface area contributed by atoms with Crippen molar-refractivity contribution in [3.63, 3.8) is 0 Å². The highest BCUT2D eigenvalue weighted by Gasteiger charge is 2.15. The van der Waals surface area contributed by atoms with Crippen LogP contribution in [-0.2, 0) is 4.74 Å². The second kappa shape index (κ2) is 7.58. The van der Waals surface area contributed by atoms with Crippen LogP contribution in [0.4, 0.5) is 9.59 Å². The van der Waals surface area contributed by atoms with Gasteiger partial charge in [0.2, 0.25) is 0 Å². The first kappa shape index (κ1) is 16.3. The van der Waals surface area contributed by atoms with E-state index in [1.165, 1.54) is 0 Å². The lowest BCUT2D eigenvalue weighted by atomic mass is 10.2. The van der Waals surface area contributed by atoms with Gasteiger partial charge in [-0.2, -0.15) is 0 Å². The first-order valence-electron chi connectivity index (χ1n) is 5.85. The van der Waals surface area contributed by atoms with Crippen LogP contribution in [0.3, 0.4) is 0 Å². The fraction of sp³-hybridized carbons (Fsp3) is 0.667. The molecule has 0 bridgehead atoms. The molecule has 3 amide bonds. The summed E-state index contributed by atoms with van der Waals surface area (Å²) >= 11 is 0. The largest absolute Gasteiger partial charge is 0.444 e. The van der Waals surface area contributed by atoms with Crippen molar-refractivity contribution in [3.05, 3.63) is 11.8 Å². The molecule has 0 radical (unpaired) electrons. The van der Waals surface area contributed by atoms with Crippen molar-refractivity contribution < 1.29 is 14.3 Å². The Labute approximate surface area is 108 Å². The number of amides is 3. The monoisotopic (exact) mass is 257 g/mol. The average Bonchev–Trinajstić information content (AvgIpc) is 2.19. The Morgan fingerprint density at radius 2 is 1.67 bits per heavy atom. The third kappa shape index (κ3) is 10.8. The summed E-state index contributed by atoms with van der Waals surface area (Å²) in [5.41, 5.74) is 0.482. The van der Waals surface area contributed by atoms with E-state index < -0.39 is 11.7 Å². The summed E-state index contributed by atoms with van der Waals surface area (Å²) in [5, 5.41) is 7.68. The minimum atomic E-state index is -0.516. The van der Waals surface area contributed by atoms with Crippen molar-refractivity contribution in [2.24, 2.45) is 0 Å². The number of carbonyl (C=O) groups is 2. The van der Waals surface area contributed by atoms with Crippen LogP contribution in [0.25, 0.3) is 0 Å². The number of ether oxygens (including phenoxy) is 1. The van der Waals surface area contributed by atoms with Gasteiger partial charge in [-0.05, 0) is 34.6 Å². The molecule has 6 heteroatoms. The quantitative estimate of drug-likeness (QED) is 0.671. The summed E-state index contributed by atoms with van der Waals surface area (Å²) < 4.78 is 5.04. The van der Waals surface area contributed by atoms with Crippen LogP contribution in [0.15, 0.2) is 11.8 Å². The van der Waals surface area contributed by atoms with Crippen LogP contribution in [0.1, 0.15) is 34.6 Å². The van der Waals surface area contributed by atoms with Crippen molar-refractivity contribution in [2.75, 3.05) is 13.1 Å². The zero-order valence-corrected chi connectivity index (χ0v) is 11.7. The standard InChI is InChI=1S/C12H23N3O3/c1-9(2)8-15-10(16)13-6-7-14-11(17)18-12(3,4)5/h8H,6-7H2,1-5H3,(H,14,17)(H2,13,15,16). The van der Waals surface area contributed by atoms with Gasteiger partial charge in [-0.15, -0.1) is 0 Å². The third-order valence-corrected chi connectivity index (χ3v) is 1.57. The SMILES string of the molecule is CC(C)=CNC(=O)NCCNC(=O)OC(C)(C)C. The van der Waals surface area contributed by atoms with Crippen molar-refractivity contribution in [3.8, 4) is 0 Å². The van der Waals surface area contributed by atoms with E-state index in [4.69, 9.17) is 4.74 Å². The third-order valence-electron chi connectivity index (χ3n) is 1.57. The molecule has 104 valence electrons. The van der Waals surface area contributed by atoms with Crippen molar-refractivity contribution in [2.45, 2.75) is 40.2 Å². The summed E-state index contributed by atoms with van der Waals surface area (Å²) in [6, 6.07) is -0.304. The van der Waals surface area contributed by atoms with Crippen LogP contribution in [-0.4, -0.2) is 30.8 Å². The Hall–Kier alpha value is -1.72. The summed E-state index contributed by atoms with van der Waals surface area (Å²) in [5.74, 6) is 0. The molecule has 0 aromatic carbocycles. The molecule has 0 aromatic rings. The molecule has 0 aliphatic heterocycles. The van der Waals surface area contributed by atoms with Gasteiger partial charge in [0.05, 0.1) is 0 Å². The first-order valence-corrected chi connectivity index (χ1v) is 5.85. The summed E-state index contributed by atoms with van der Waals surface area (Å²) in [4.78, 5) is 22.5. The molecular formula is C12H23N3O3. The number of hydrogen-bond donors (Lipinski definition) is 3. The number of hydrogen-bond acceptors (Lipinski definition) is 3. The second-order valence-electron chi connectivity index (χ2n) is 5.05. The van der Waals surface area contributed by atoms with Gasteiger partial charge in [-0.3, -0.25) is 0 Å². The number of carbonyl (C=O) groups excluding carboxylic acids is 2. The molecule has 0 saturated carbocycles. The van der Waals surface area contributed by atoms with E-state index in [0.717, 1.165) is 5.57 Å². The molecule has 0 heterocycles. The maximum atomic E-state index is 11.2. The molecule has 0 atom stereocenters. The minimum absolute atomic E-state index is 0.304. The topological polar surface area (TPSA) is 79.5 Å². The van der Waals surface area contributed by atoms with E-state index in [1.807, 2.05) is 13.8 Å². The molecule has 0 rings (SSSR count). The fourth-order valence-electron chi connectivity index (χ4n) is 0.916. The van der Waals surface area contributed by atoms with E-state index in [2.05, 4.69) is 16.0 Å². The van der Waals surface area contributed by atoms with Crippen LogP contribution < -0.4 is 16.0 Å². The van der Waals surface area contributed by atoms with Gasteiger partial charge in [0.25, 0.3) is 0 Å². The Bertz CT molecular complexity index is 315. The second-order valence-corrected chi connectivity index (χ2v) is 5.05. The van der Waals surface area contributed by atoms with E-state index in [-0.39, 0.29) is 6.03 Å². The highest BCUT2D eigenvalue weighted by atomic mass is 16.6. The Balaban J connectivity index is 3.65. The predicted molar refractivity (Wildman–Crippen MR) is 70.2 cm³/mol. The van der Waals surface area contributed by atoms with Gasteiger partial charge in [0.1, 0.15) is 5.60 Å². The highest BCUT2D eigenvalue weighted by molar-refractivity contribution is 5.75. The number of rotatable bonds is 4. The molecule has 3 N–H and O–H groups in total. The molecule has 0 fully saturated rings. The molecule has 18 heavy (non-hydrogen) atoms. The molecule has 0 saturated heterocycles. The van der Waals surface area contributed by atoms with Crippen LogP contribution in [0, 0.1) is 0 Å². The van der Waals surface area contributed by atoms with Crippen molar-refractivity contribution in [1.29, 1.82) is 0 Å². The maximum Gasteiger partial charge on any atom is 0.407 e. The van der Waals surface area contributed by atoms with Crippen molar-refractivity contribution in [1.82, 2.24) is 16.0 Å². The van der Waals surface area contributed by atoms with Gasteiger partial charge >= 0.3 is 12.1 Å².